The molecule has 6 nitrogen and oxygen atoms in total. The van der Waals surface area contributed by atoms with Crippen LogP contribution in [0.5, 0.6) is 0 Å². The van der Waals surface area contributed by atoms with Crippen molar-refractivity contribution in [1.29, 1.82) is 0 Å². The Hall–Kier alpha value is -0.980. The fourth-order valence-electron chi connectivity index (χ4n) is 1.48. The molecule has 1 aromatic heterocycles. The normalized spacial score (nSPS) is 21.0. The number of aromatic nitrogens is 2. The van der Waals surface area contributed by atoms with Crippen LogP contribution in [0.1, 0.15) is 30.7 Å². The first kappa shape index (κ1) is 10.5. The Kier molecular flexibility index (Phi) is 3.65. The van der Waals surface area contributed by atoms with Crippen LogP contribution in [0.2, 0.25) is 0 Å². The van der Waals surface area contributed by atoms with Crippen LogP contribution in [0.15, 0.2) is 4.52 Å². The van der Waals surface area contributed by atoms with Crippen molar-refractivity contribution in [1.82, 2.24) is 10.1 Å². The van der Waals surface area contributed by atoms with Crippen LogP contribution in [-0.4, -0.2) is 29.9 Å². The summed E-state index contributed by atoms with van der Waals surface area (Å²) in [4.78, 5) is 4.20. The first-order chi connectivity index (χ1) is 7.40. The molecular weight excluding hydrogens is 198 g/mol. The number of hydrogen-bond acceptors (Lipinski definition) is 6. The molecule has 6 heteroatoms. The van der Waals surface area contributed by atoms with Crippen molar-refractivity contribution in [2.75, 3.05) is 19.8 Å². The van der Waals surface area contributed by atoms with Crippen LogP contribution in [0.4, 0.5) is 0 Å². The van der Waals surface area contributed by atoms with Gasteiger partial charge in [0.15, 0.2) is 0 Å². The topological polar surface area (TPSA) is 83.4 Å². The van der Waals surface area contributed by atoms with Crippen molar-refractivity contribution in [3.05, 3.63) is 11.7 Å². The fraction of sp³-hybridized carbons (Fsp3) is 0.778. The molecule has 0 spiro atoms. The molecule has 0 aliphatic carbocycles. The molecule has 0 saturated carbocycles. The van der Waals surface area contributed by atoms with Gasteiger partial charge in [-0.3, -0.25) is 0 Å². The van der Waals surface area contributed by atoms with Crippen molar-refractivity contribution >= 4 is 0 Å². The lowest BCUT2D eigenvalue weighted by atomic mass is 10.2. The van der Waals surface area contributed by atoms with E-state index in [0.29, 0.717) is 31.5 Å². The Bertz CT molecular complexity index is 297. The van der Waals surface area contributed by atoms with Crippen molar-refractivity contribution < 1.29 is 14.0 Å². The van der Waals surface area contributed by atoms with Crippen LogP contribution in [-0.2, 0) is 16.1 Å². The Labute approximate surface area is 87.7 Å². The first-order valence-corrected chi connectivity index (χ1v) is 5.12. The van der Waals surface area contributed by atoms with Crippen LogP contribution in [0.25, 0.3) is 0 Å². The summed E-state index contributed by atoms with van der Waals surface area (Å²) in [5.74, 6) is 1.10. The van der Waals surface area contributed by atoms with E-state index in [1.807, 2.05) is 0 Å². The molecule has 1 aliphatic rings. The fourth-order valence-corrected chi connectivity index (χ4v) is 1.48. The molecule has 2 heterocycles. The largest absolute Gasteiger partial charge is 0.370 e. The van der Waals surface area contributed by atoms with Gasteiger partial charge < -0.3 is 19.7 Å². The molecule has 0 bridgehead atoms. The molecule has 0 amide bonds. The average molecular weight is 213 g/mol. The van der Waals surface area contributed by atoms with Crippen molar-refractivity contribution in [2.45, 2.75) is 25.6 Å². The van der Waals surface area contributed by atoms with E-state index in [2.05, 4.69) is 10.1 Å². The van der Waals surface area contributed by atoms with Gasteiger partial charge in [0.25, 0.3) is 5.89 Å². The van der Waals surface area contributed by atoms with Crippen LogP contribution in [0.3, 0.4) is 0 Å². The number of rotatable bonds is 5. The van der Waals surface area contributed by atoms with Gasteiger partial charge in [0.05, 0.1) is 6.61 Å². The molecule has 1 fully saturated rings. The molecule has 1 aromatic rings. The summed E-state index contributed by atoms with van der Waals surface area (Å²) in [6, 6.07) is 0. The second-order valence-electron chi connectivity index (χ2n) is 3.39. The number of ether oxygens (including phenoxy) is 2. The standard InChI is InChI=1S/C9H15N3O3/c10-3-5-13-6-8-11-9(12-15-8)7-2-1-4-14-7/h7H,1-6,10H2. The third-order valence-corrected chi connectivity index (χ3v) is 2.19. The summed E-state index contributed by atoms with van der Waals surface area (Å²) in [6.45, 7) is 2.08. The summed E-state index contributed by atoms with van der Waals surface area (Å²) >= 11 is 0. The van der Waals surface area contributed by atoms with E-state index in [9.17, 15) is 0 Å². The third kappa shape index (κ3) is 2.74. The van der Waals surface area contributed by atoms with Gasteiger partial charge in [0.1, 0.15) is 12.7 Å². The van der Waals surface area contributed by atoms with Crippen LogP contribution in [0, 0.1) is 0 Å². The zero-order valence-electron chi connectivity index (χ0n) is 8.52. The molecule has 1 aliphatic heterocycles. The van der Waals surface area contributed by atoms with Gasteiger partial charge in [-0.15, -0.1) is 0 Å². The highest BCUT2D eigenvalue weighted by molar-refractivity contribution is 4.92. The van der Waals surface area contributed by atoms with E-state index in [4.69, 9.17) is 19.7 Å². The van der Waals surface area contributed by atoms with Crippen molar-refractivity contribution in [3.63, 3.8) is 0 Å². The van der Waals surface area contributed by atoms with E-state index in [-0.39, 0.29) is 6.10 Å². The highest BCUT2D eigenvalue weighted by atomic mass is 16.5. The lowest BCUT2D eigenvalue weighted by Gasteiger charge is -2.00. The van der Waals surface area contributed by atoms with Gasteiger partial charge >= 0.3 is 0 Å². The second kappa shape index (κ2) is 5.20. The van der Waals surface area contributed by atoms with Gasteiger partial charge in [-0.25, -0.2) is 0 Å². The van der Waals surface area contributed by atoms with E-state index < -0.39 is 0 Å². The Morgan fingerprint density at radius 2 is 2.47 bits per heavy atom. The van der Waals surface area contributed by atoms with Gasteiger partial charge in [-0.1, -0.05) is 5.16 Å². The summed E-state index contributed by atoms with van der Waals surface area (Å²) < 4.78 is 15.6. The Morgan fingerprint density at radius 3 is 3.20 bits per heavy atom. The second-order valence-corrected chi connectivity index (χ2v) is 3.39. The van der Waals surface area contributed by atoms with Gasteiger partial charge in [0.2, 0.25) is 5.82 Å². The highest BCUT2D eigenvalue weighted by Crippen LogP contribution is 2.25. The minimum Gasteiger partial charge on any atom is -0.370 e. The molecule has 2 N–H and O–H groups in total. The van der Waals surface area contributed by atoms with Crippen LogP contribution >= 0.6 is 0 Å². The minimum atomic E-state index is -0.00277. The molecule has 0 radical (unpaired) electrons. The smallest absolute Gasteiger partial charge is 0.252 e. The van der Waals surface area contributed by atoms with E-state index in [0.717, 1.165) is 19.4 Å². The summed E-state index contributed by atoms with van der Waals surface area (Å²) in [6.07, 6.45) is 2.01. The molecule has 84 valence electrons. The first-order valence-electron chi connectivity index (χ1n) is 5.12. The maximum Gasteiger partial charge on any atom is 0.252 e. The molecule has 2 rings (SSSR count). The average Bonchev–Trinajstić information content (AvgIpc) is 2.87. The summed E-state index contributed by atoms with van der Waals surface area (Å²) in [5, 5.41) is 3.85. The molecule has 15 heavy (non-hydrogen) atoms. The molecular formula is C9H15N3O3. The SMILES string of the molecule is NCCOCc1nc(C2CCCO2)no1. The minimum absolute atomic E-state index is 0.00277. The molecule has 1 atom stereocenters. The number of hydrogen-bond donors (Lipinski definition) is 1. The van der Waals surface area contributed by atoms with Crippen molar-refractivity contribution in [2.24, 2.45) is 5.73 Å². The Balaban J connectivity index is 1.86. The zero-order chi connectivity index (χ0) is 10.5. The molecule has 1 unspecified atom stereocenters. The van der Waals surface area contributed by atoms with E-state index >= 15 is 0 Å². The quantitative estimate of drug-likeness (QED) is 0.712. The third-order valence-electron chi connectivity index (χ3n) is 2.19. The van der Waals surface area contributed by atoms with Gasteiger partial charge in [-0.2, -0.15) is 4.98 Å². The lowest BCUT2D eigenvalue weighted by Crippen LogP contribution is -2.08. The predicted molar refractivity (Wildman–Crippen MR) is 50.9 cm³/mol. The summed E-state index contributed by atoms with van der Waals surface area (Å²) in [5.41, 5.74) is 5.29. The lowest BCUT2D eigenvalue weighted by molar-refractivity contribution is 0.101. The molecule has 0 aromatic carbocycles. The maximum absolute atomic E-state index is 5.43. The van der Waals surface area contributed by atoms with E-state index in [1.165, 1.54) is 0 Å². The van der Waals surface area contributed by atoms with Gasteiger partial charge in [-0.05, 0) is 12.8 Å². The predicted octanol–water partition coefficient (Wildman–Crippen LogP) is 0.396. The van der Waals surface area contributed by atoms with Crippen LogP contribution < -0.4 is 5.73 Å². The maximum atomic E-state index is 5.43. The zero-order valence-corrected chi connectivity index (χ0v) is 8.52. The number of nitrogens with zero attached hydrogens (tertiary/aromatic N) is 2. The number of nitrogens with two attached hydrogens (primary N) is 1. The summed E-state index contributed by atoms with van der Waals surface area (Å²) in [7, 11) is 0. The van der Waals surface area contributed by atoms with E-state index in [1.54, 1.807) is 0 Å². The van der Waals surface area contributed by atoms with Crippen molar-refractivity contribution in [3.8, 4) is 0 Å². The Morgan fingerprint density at radius 1 is 1.53 bits per heavy atom. The highest BCUT2D eigenvalue weighted by Gasteiger charge is 2.22. The monoisotopic (exact) mass is 213 g/mol. The van der Waals surface area contributed by atoms with Gasteiger partial charge in [0, 0.05) is 13.2 Å². The molecule has 1 saturated heterocycles.